The van der Waals surface area contributed by atoms with Crippen LogP contribution in [-0.2, 0) is 14.8 Å². The van der Waals surface area contributed by atoms with E-state index in [2.05, 4.69) is 24.1 Å². The van der Waals surface area contributed by atoms with Gasteiger partial charge in [0.1, 0.15) is 0 Å². The first-order chi connectivity index (χ1) is 11.6. The average Bonchev–Trinajstić information content (AvgIpc) is 2.47. The molecule has 1 amide bonds. The SMILES string of the molecule is C[C@@H]1C[C@@H](C)CN(CC(=O)Nc2cc(S(=O)(=O)N(C)C)ccc2Cl)C1. The van der Waals surface area contributed by atoms with Crippen molar-refractivity contribution in [2.45, 2.75) is 25.2 Å². The van der Waals surface area contributed by atoms with E-state index in [1.54, 1.807) is 0 Å². The van der Waals surface area contributed by atoms with Crippen molar-refractivity contribution in [3.05, 3.63) is 23.2 Å². The molecule has 25 heavy (non-hydrogen) atoms. The summed E-state index contributed by atoms with van der Waals surface area (Å²) in [5.74, 6) is 0.935. The maximum absolute atomic E-state index is 12.4. The number of sulfonamides is 1. The maximum atomic E-state index is 12.4. The van der Waals surface area contributed by atoms with E-state index < -0.39 is 10.0 Å². The third-order valence-electron chi connectivity index (χ3n) is 4.30. The van der Waals surface area contributed by atoms with E-state index in [1.807, 2.05) is 0 Å². The highest BCUT2D eigenvalue weighted by atomic mass is 35.5. The molecule has 1 N–H and O–H groups in total. The third-order valence-corrected chi connectivity index (χ3v) is 6.44. The van der Waals surface area contributed by atoms with E-state index in [4.69, 9.17) is 11.6 Å². The number of halogens is 1. The lowest BCUT2D eigenvalue weighted by atomic mass is 9.92. The lowest BCUT2D eigenvalue weighted by molar-refractivity contribution is -0.117. The number of amides is 1. The Balaban J connectivity index is 2.10. The van der Waals surface area contributed by atoms with Crippen LogP contribution in [0.2, 0.25) is 5.02 Å². The predicted octanol–water partition coefficient (Wildman–Crippen LogP) is 2.51. The number of carbonyl (C=O) groups excluding carboxylic acids is 1. The molecule has 2 atom stereocenters. The van der Waals surface area contributed by atoms with Crippen LogP contribution in [0.5, 0.6) is 0 Å². The average molecular weight is 388 g/mol. The largest absolute Gasteiger partial charge is 0.324 e. The number of anilines is 1. The predicted molar refractivity (Wildman–Crippen MR) is 100 cm³/mol. The molecule has 0 aliphatic carbocycles. The molecule has 1 aliphatic heterocycles. The Labute approximate surface area is 155 Å². The minimum atomic E-state index is -3.58. The summed E-state index contributed by atoms with van der Waals surface area (Å²) >= 11 is 6.12. The normalized spacial score (nSPS) is 22.2. The highest BCUT2D eigenvalue weighted by Gasteiger charge is 2.24. The number of nitrogens with one attached hydrogen (secondary N) is 1. The van der Waals surface area contributed by atoms with Gasteiger partial charge in [0, 0.05) is 27.2 Å². The van der Waals surface area contributed by atoms with E-state index in [9.17, 15) is 13.2 Å². The smallest absolute Gasteiger partial charge is 0.242 e. The van der Waals surface area contributed by atoms with Gasteiger partial charge in [-0.1, -0.05) is 25.4 Å². The summed E-state index contributed by atoms with van der Waals surface area (Å²) in [6.45, 7) is 6.43. The number of nitrogens with zero attached hydrogens (tertiary/aromatic N) is 2. The minimum absolute atomic E-state index is 0.0948. The molecule has 1 aromatic carbocycles. The Morgan fingerprint density at radius 1 is 1.28 bits per heavy atom. The van der Waals surface area contributed by atoms with Crippen LogP contribution in [0.3, 0.4) is 0 Å². The van der Waals surface area contributed by atoms with Crippen molar-refractivity contribution in [2.24, 2.45) is 11.8 Å². The fourth-order valence-electron chi connectivity index (χ4n) is 3.29. The zero-order chi connectivity index (χ0) is 18.8. The van der Waals surface area contributed by atoms with E-state index in [1.165, 1.54) is 38.7 Å². The lowest BCUT2D eigenvalue weighted by Crippen LogP contribution is -2.42. The zero-order valence-corrected chi connectivity index (χ0v) is 16.7. The van der Waals surface area contributed by atoms with Gasteiger partial charge in [0.25, 0.3) is 0 Å². The topological polar surface area (TPSA) is 69.7 Å². The number of carbonyl (C=O) groups is 1. The van der Waals surface area contributed by atoms with Crippen LogP contribution in [0.4, 0.5) is 5.69 Å². The van der Waals surface area contributed by atoms with Crippen LogP contribution >= 0.6 is 11.6 Å². The van der Waals surface area contributed by atoms with Crippen molar-refractivity contribution >= 4 is 33.2 Å². The number of likely N-dealkylation sites (tertiary alicyclic amines) is 1. The second-order valence-electron chi connectivity index (χ2n) is 7.12. The van der Waals surface area contributed by atoms with E-state index in [-0.39, 0.29) is 17.3 Å². The Hall–Kier alpha value is -1.15. The minimum Gasteiger partial charge on any atom is -0.324 e. The summed E-state index contributed by atoms with van der Waals surface area (Å²) in [6, 6.07) is 4.32. The van der Waals surface area contributed by atoms with Gasteiger partial charge in [-0.15, -0.1) is 0 Å². The van der Waals surface area contributed by atoms with Gasteiger partial charge in [-0.3, -0.25) is 9.69 Å². The van der Waals surface area contributed by atoms with Gasteiger partial charge in [0.05, 0.1) is 22.2 Å². The first kappa shape index (κ1) is 20.2. The van der Waals surface area contributed by atoms with Crippen molar-refractivity contribution in [3.63, 3.8) is 0 Å². The number of benzene rings is 1. The van der Waals surface area contributed by atoms with Crippen LogP contribution in [0.1, 0.15) is 20.3 Å². The van der Waals surface area contributed by atoms with Crippen molar-refractivity contribution in [2.75, 3.05) is 39.0 Å². The van der Waals surface area contributed by atoms with Crippen LogP contribution < -0.4 is 5.32 Å². The van der Waals surface area contributed by atoms with Gasteiger partial charge < -0.3 is 5.32 Å². The van der Waals surface area contributed by atoms with Gasteiger partial charge in [-0.05, 0) is 36.5 Å². The van der Waals surface area contributed by atoms with Crippen LogP contribution in [0.15, 0.2) is 23.1 Å². The number of hydrogen-bond acceptors (Lipinski definition) is 4. The quantitative estimate of drug-likeness (QED) is 0.842. The molecule has 1 saturated heterocycles. The number of rotatable bonds is 5. The van der Waals surface area contributed by atoms with Gasteiger partial charge in [-0.25, -0.2) is 12.7 Å². The molecular formula is C17H26ClN3O3S. The molecule has 0 unspecified atom stereocenters. The summed E-state index contributed by atoms with van der Waals surface area (Å²) in [7, 11) is -0.662. The lowest BCUT2D eigenvalue weighted by Gasteiger charge is -2.34. The van der Waals surface area contributed by atoms with Gasteiger partial charge in [-0.2, -0.15) is 0 Å². The molecule has 1 aliphatic rings. The fraction of sp³-hybridized carbons (Fsp3) is 0.588. The molecule has 1 aromatic rings. The molecule has 6 nitrogen and oxygen atoms in total. The van der Waals surface area contributed by atoms with E-state index in [0.29, 0.717) is 22.5 Å². The van der Waals surface area contributed by atoms with Crippen LogP contribution in [-0.4, -0.2) is 57.3 Å². The van der Waals surface area contributed by atoms with Crippen LogP contribution in [0, 0.1) is 11.8 Å². The van der Waals surface area contributed by atoms with Crippen LogP contribution in [0.25, 0.3) is 0 Å². The van der Waals surface area contributed by atoms with Crippen molar-refractivity contribution in [1.29, 1.82) is 0 Å². The van der Waals surface area contributed by atoms with Crippen molar-refractivity contribution in [1.82, 2.24) is 9.21 Å². The molecule has 0 spiro atoms. The molecular weight excluding hydrogens is 362 g/mol. The molecule has 140 valence electrons. The summed E-state index contributed by atoms with van der Waals surface area (Å²) in [5, 5.41) is 3.05. The van der Waals surface area contributed by atoms with Gasteiger partial charge in [0.15, 0.2) is 0 Å². The standard InChI is InChI=1S/C17H26ClN3O3S/c1-12-7-13(2)10-21(9-12)11-17(22)19-16-8-14(5-6-15(16)18)25(23,24)20(3)4/h5-6,8,12-13H,7,9-11H2,1-4H3,(H,19,22)/t12-,13-/m1/s1. The fourth-order valence-corrected chi connectivity index (χ4v) is 4.38. The molecule has 1 fully saturated rings. The Kier molecular flexibility index (Phi) is 6.48. The van der Waals surface area contributed by atoms with Crippen molar-refractivity contribution in [3.8, 4) is 0 Å². The Morgan fingerprint density at radius 3 is 2.44 bits per heavy atom. The number of piperidine rings is 1. The maximum Gasteiger partial charge on any atom is 0.242 e. The Morgan fingerprint density at radius 2 is 1.88 bits per heavy atom. The first-order valence-corrected chi connectivity index (χ1v) is 10.2. The molecule has 2 rings (SSSR count). The number of hydrogen-bond donors (Lipinski definition) is 1. The van der Waals surface area contributed by atoms with E-state index >= 15 is 0 Å². The highest BCUT2D eigenvalue weighted by molar-refractivity contribution is 7.89. The third kappa shape index (κ3) is 5.17. The molecule has 8 heteroatoms. The monoisotopic (exact) mass is 387 g/mol. The van der Waals surface area contributed by atoms with E-state index in [0.717, 1.165) is 17.4 Å². The summed E-state index contributed by atoms with van der Waals surface area (Å²) in [4.78, 5) is 14.6. The molecule has 0 saturated carbocycles. The molecule has 0 aromatic heterocycles. The Bertz CT molecular complexity index is 727. The zero-order valence-electron chi connectivity index (χ0n) is 15.1. The second-order valence-corrected chi connectivity index (χ2v) is 9.68. The molecule has 0 bridgehead atoms. The molecule has 1 heterocycles. The second kappa shape index (κ2) is 8.03. The summed E-state index contributed by atoms with van der Waals surface area (Å²) < 4.78 is 25.6. The highest BCUT2D eigenvalue weighted by Crippen LogP contribution is 2.27. The molecule has 0 radical (unpaired) electrons. The summed E-state index contributed by atoms with van der Waals surface area (Å²) in [6.07, 6.45) is 1.17. The summed E-state index contributed by atoms with van der Waals surface area (Å²) in [5.41, 5.74) is 0.313. The van der Waals surface area contributed by atoms with Crippen molar-refractivity contribution < 1.29 is 13.2 Å². The first-order valence-electron chi connectivity index (χ1n) is 8.34. The van der Waals surface area contributed by atoms with Gasteiger partial charge in [0.2, 0.25) is 15.9 Å². The van der Waals surface area contributed by atoms with Gasteiger partial charge >= 0.3 is 0 Å².